The molecule has 0 radical (unpaired) electrons. The summed E-state index contributed by atoms with van der Waals surface area (Å²) in [5.41, 5.74) is 0.435. The largest absolute Gasteiger partial charge is 0.352 e. The van der Waals surface area contributed by atoms with Crippen LogP contribution >= 0.6 is 11.6 Å². The maximum Gasteiger partial charge on any atom is 0.251 e. The predicted molar refractivity (Wildman–Crippen MR) is 97.3 cm³/mol. The number of hydrogen-bond donors (Lipinski definition) is 1. The van der Waals surface area contributed by atoms with Gasteiger partial charge < -0.3 is 10.2 Å². The topological polar surface area (TPSA) is 32.3 Å². The number of alkyl halides is 1. The summed E-state index contributed by atoms with van der Waals surface area (Å²) in [6.07, 6.45) is 0.778. The van der Waals surface area contributed by atoms with Crippen LogP contribution in [0, 0.1) is 17.2 Å². The zero-order valence-electron chi connectivity index (χ0n) is 15.1. The first-order valence-electron chi connectivity index (χ1n) is 8.75. The van der Waals surface area contributed by atoms with Crippen molar-refractivity contribution in [1.29, 1.82) is 0 Å². The summed E-state index contributed by atoms with van der Waals surface area (Å²) in [7, 11) is 0. The zero-order valence-corrected chi connectivity index (χ0v) is 15.9. The lowest BCUT2D eigenvalue weighted by Crippen LogP contribution is -2.46. The number of rotatable bonds is 5. The van der Waals surface area contributed by atoms with Crippen LogP contribution in [-0.4, -0.2) is 43.2 Å². The van der Waals surface area contributed by atoms with E-state index in [4.69, 9.17) is 11.6 Å². The molecule has 140 valence electrons. The molecule has 0 spiro atoms. The Morgan fingerprint density at radius 2 is 2.12 bits per heavy atom. The van der Waals surface area contributed by atoms with E-state index in [0.717, 1.165) is 25.6 Å². The quantitative estimate of drug-likeness (QED) is 0.835. The smallest absolute Gasteiger partial charge is 0.251 e. The summed E-state index contributed by atoms with van der Waals surface area (Å²) >= 11 is 5.61. The monoisotopic (exact) mass is 372 g/mol. The van der Waals surface area contributed by atoms with Crippen LogP contribution in [0.15, 0.2) is 18.2 Å². The molecule has 0 aromatic heterocycles. The van der Waals surface area contributed by atoms with Gasteiger partial charge >= 0.3 is 0 Å². The average Bonchev–Trinajstić information content (AvgIpc) is 2.53. The summed E-state index contributed by atoms with van der Waals surface area (Å²) < 4.78 is 27.8. The molecular weight excluding hydrogens is 346 g/mol. The van der Waals surface area contributed by atoms with Crippen molar-refractivity contribution in [1.82, 2.24) is 10.2 Å². The molecule has 1 amide bonds. The second kappa shape index (κ2) is 8.45. The Hall–Kier alpha value is -1.20. The summed E-state index contributed by atoms with van der Waals surface area (Å²) in [5.74, 6) is -1.24. The predicted octanol–water partition coefficient (Wildman–Crippen LogP) is 4.31. The number of nitrogens with zero attached hydrogens (tertiary/aromatic N) is 1. The van der Waals surface area contributed by atoms with Crippen molar-refractivity contribution in [2.45, 2.75) is 39.8 Å². The van der Waals surface area contributed by atoms with Gasteiger partial charge in [-0.2, -0.15) is 0 Å². The van der Waals surface area contributed by atoms with Gasteiger partial charge in [0.05, 0.1) is 5.02 Å². The fourth-order valence-corrected chi connectivity index (χ4v) is 3.02. The van der Waals surface area contributed by atoms with Crippen LogP contribution < -0.4 is 5.32 Å². The summed E-state index contributed by atoms with van der Waals surface area (Å²) in [5, 5.41) is 2.68. The lowest BCUT2D eigenvalue weighted by atomic mass is 9.90. The Balaban J connectivity index is 1.80. The van der Waals surface area contributed by atoms with Gasteiger partial charge in [0.1, 0.15) is 12.0 Å². The van der Waals surface area contributed by atoms with Gasteiger partial charge in [-0.3, -0.25) is 4.79 Å². The van der Waals surface area contributed by atoms with Crippen LogP contribution in [0.5, 0.6) is 0 Å². The second-order valence-corrected chi connectivity index (χ2v) is 8.42. The third-order valence-corrected chi connectivity index (χ3v) is 4.95. The minimum Gasteiger partial charge on any atom is -0.352 e. The molecule has 25 heavy (non-hydrogen) atoms. The van der Waals surface area contributed by atoms with Crippen LogP contribution in [0.2, 0.25) is 5.02 Å². The first-order valence-corrected chi connectivity index (χ1v) is 9.13. The SMILES string of the molecule is CC(C)(C)CCN1CC[C@H](CNC(=O)c2ccc(Cl)c(F)c2)[C@H](F)C1. The molecule has 0 aliphatic carbocycles. The van der Waals surface area contributed by atoms with Crippen LogP contribution in [-0.2, 0) is 0 Å². The van der Waals surface area contributed by atoms with Crippen molar-refractivity contribution in [3.8, 4) is 0 Å². The summed E-state index contributed by atoms with van der Waals surface area (Å²) in [4.78, 5) is 14.2. The lowest BCUT2D eigenvalue weighted by Gasteiger charge is -2.36. The number of piperidine rings is 1. The zero-order chi connectivity index (χ0) is 18.6. The molecule has 6 heteroatoms. The molecule has 1 saturated heterocycles. The number of carbonyl (C=O) groups is 1. The highest BCUT2D eigenvalue weighted by atomic mass is 35.5. The van der Waals surface area contributed by atoms with Gasteiger partial charge in [0, 0.05) is 24.6 Å². The van der Waals surface area contributed by atoms with Crippen molar-refractivity contribution >= 4 is 17.5 Å². The van der Waals surface area contributed by atoms with Gasteiger partial charge in [0.25, 0.3) is 5.91 Å². The number of amides is 1. The molecular formula is C19H27ClF2N2O. The van der Waals surface area contributed by atoms with Crippen molar-refractivity contribution in [2.75, 3.05) is 26.2 Å². The molecule has 0 unspecified atom stereocenters. The van der Waals surface area contributed by atoms with E-state index in [1.807, 2.05) is 0 Å². The van der Waals surface area contributed by atoms with Gasteiger partial charge in [-0.05, 0) is 49.5 Å². The lowest BCUT2D eigenvalue weighted by molar-refractivity contribution is 0.0724. The van der Waals surface area contributed by atoms with E-state index in [1.165, 1.54) is 12.1 Å². The van der Waals surface area contributed by atoms with E-state index in [0.29, 0.717) is 13.0 Å². The Labute approximate surface area is 153 Å². The Morgan fingerprint density at radius 3 is 2.72 bits per heavy atom. The molecule has 1 aliphatic rings. The molecule has 1 aliphatic heterocycles. The number of carbonyl (C=O) groups excluding carboxylic acids is 1. The Bertz CT molecular complexity index is 604. The summed E-state index contributed by atoms with van der Waals surface area (Å²) in [6, 6.07) is 3.90. The van der Waals surface area contributed by atoms with E-state index < -0.39 is 17.9 Å². The fraction of sp³-hybridized carbons (Fsp3) is 0.632. The van der Waals surface area contributed by atoms with Crippen LogP contribution in [0.4, 0.5) is 8.78 Å². The number of benzene rings is 1. The van der Waals surface area contributed by atoms with E-state index in [1.54, 1.807) is 0 Å². The fourth-order valence-electron chi connectivity index (χ4n) is 2.91. The molecule has 2 rings (SSSR count). The number of nitrogens with one attached hydrogen (secondary N) is 1. The first kappa shape index (κ1) is 20.1. The molecule has 1 aromatic carbocycles. The minimum atomic E-state index is -0.962. The van der Waals surface area contributed by atoms with Crippen molar-refractivity contribution in [3.63, 3.8) is 0 Å². The summed E-state index contributed by atoms with van der Waals surface area (Å²) in [6.45, 7) is 8.95. The van der Waals surface area contributed by atoms with Gasteiger partial charge in [0.15, 0.2) is 0 Å². The maximum atomic E-state index is 14.4. The van der Waals surface area contributed by atoms with Crippen molar-refractivity contribution in [2.24, 2.45) is 11.3 Å². The van der Waals surface area contributed by atoms with Crippen LogP contribution in [0.3, 0.4) is 0 Å². The standard InChI is InChI=1S/C19H27ClF2N2O/c1-19(2,3)7-9-24-8-6-14(17(22)12-24)11-23-18(25)13-4-5-15(20)16(21)10-13/h4-5,10,14,17H,6-9,11-12H2,1-3H3,(H,23,25)/t14-,17-/m1/s1. The van der Waals surface area contributed by atoms with Crippen molar-refractivity contribution < 1.29 is 13.6 Å². The molecule has 0 bridgehead atoms. The van der Waals surface area contributed by atoms with E-state index >= 15 is 0 Å². The molecule has 1 heterocycles. The molecule has 2 atom stereocenters. The van der Waals surface area contributed by atoms with E-state index in [2.05, 4.69) is 31.0 Å². The molecule has 1 N–H and O–H groups in total. The normalized spacial score (nSPS) is 22.0. The minimum absolute atomic E-state index is 0.0250. The Morgan fingerprint density at radius 1 is 1.40 bits per heavy atom. The van der Waals surface area contributed by atoms with Crippen LogP contribution in [0.25, 0.3) is 0 Å². The van der Waals surface area contributed by atoms with E-state index in [9.17, 15) is 13.6 Å². The number of hydrogen-bond acceptors (Lipinski definition) is 2. The Kier molecular flexibility index (Phi) is 6.80. The first-order chi connectivity index (χ1) is 11.7. The number of halogens is 3. The third-order valence-electron chi connectivity index (χ3n) is 4.64. The molecule has 3 nitrogen and oxygen atoms in total. The van der Waals surface area contributed by atoms with Gasteiger partial charge in [0.2, 0.25) is 0 Å². The third kappa shape index (κ3) is 6.23. The van der Waals surface area contributed by atoms with E-state index in [-0.39, 0.29) is 28.5 Å². The maximum absolute atomic E-state index is 14.4. The van der Waals surface area contributed by atoms with Crippen LogP contribution in [0.1, 0.15) is 44.0 Å². The molecule has 1 aromatic rings. The second-order valence-electron chi connectivity index (χ2n) is 8.01. The molecule has 0 saturated carbocycles. The highest BCUT2D eigenvalue weighted by molar-refractivity contribution is 6.30. The highest BCUT2D eigenvalue weighted by Gasteiger charge is 2.29. The van der Waals surface area contributed by atoms with Gasteiger partial charge in [-0.25, -0.2) is 8.78 Å². The molecule has 1 fully saturated rings. The van der Waals surface area contributed by atoms with Gasteiger partial charge in [-0.15, -0.1) is 0 Å². The van der Waals surface area contributed by atoms with Crippen molar-refractivity contribution in [3.05, 3.63) is 34.6 Å². The van der Waals surface area contributed by atoms with Gasteiger partial charge in [-0.1, -0.05) is 32.4 Å². The highest BCUT2D eigenvalue weighted by Crippen LogP contribution is 2.24. The average molecular weight is 373 g/mol. The number of likely N-dealkylation sites (tertiary alicyclic amines) is 1.